The van der Waals surface area contributed by atoms with Crippen LogP contribution in [0.5, 0.6) is 5.75 Å². The molecule has 3 aromatic rings. The van der Waals surface area contributed by atoms with E-state index in [0.717, 1.165) is 12.1 Å². The average molecular weight is 399 g/mol. The first-order valence-electron chi connectivity index (χ1n) is 8.54. The number of benzene rings is 1. The Bertz CT molecular complexity index is 1150. The highest BCUT2D eigenvalue weighted by Crippen LogP contribution is 2.33. The van der Waals surface area contributed by atoms with Crippen LogP contribution >= 0.6 is 0 Å². The van der Waals surface area contributed by atoms with E-state index in [4.69, 9.17) is 10.00 Å². The number of nitriles is 1. The zero-order chi connectivity index (χ0) is 21.2. The summed E-state index contributed by atoms with van der Waals surface area (Å²) in [5, 5.41) is 9.84. The number of ketones is 1. The number of Topliss-reactive ketones (excluding diaryl/α,β-unsaturated/α-hetero) is 1. The zero-order valence-electron chi connectivity index (χ0n) is 15.6. The molecular formula is C21H16F3N3O2. The standard InChI is InChI=1S/C21H16F3N3O2/c1-13(28)15(10-25)8-16-12-27(20-19(16)4-3-5-26-20)11-14-6-17(21(22,23)24)9-18(7-14)29-2/h3-9,12H,11H2,1-2H3/b15-8+. The van der Waals surface area contributed by atoms with E-state index in [1.165, 1.54) is 26.2 Å². The fourth-order valence-corrected chi connectivity index (χ4v) is 2.98. The van der Waals surface area contributed by atoms with Crippen molar-refractivity contribution in [1.82, 2.24) is 9.55 Å². The van der Waals surface area contributed by atoms with Gasteiger partial charge in [0.05, 0.1) is 18.2 Å². The van der Waals surface area contributed by atoms with Gasteiger partial charge in [-0.3, -0.25) is 4.79 Å². The van der Waals surface area contributed by atoms with Gasteiger partial charge < -0.3 is 9.30 Å². The van der Waals surface area contributed by atoms with Crippen molar-refractivity contribution in [1.29, 1.82) is 5.26 Å². The maximum Gasteiger partial charge on any atom is 0.416 e. The third-order valence-corrected chi connectivity index (χ3v) is 4.35. The summed E-state index contributed by atoms with van der Waals surface area (Å²) >= 11 is 0. The minimum absolute atomic E-state index is 0.0198. The van der Waals surface area contributed by atoms with Crippen LogP contribution in [0.25, 0.3) is 17.1 Å². The van der Waals surface area contributed by atoms with Gasteiger partial charge in [0.15, 0.2) is 5.78 Å². The molecular weight excluding hydrogens is 383 g/mol. The molecule has 0 atom stereocenters. The summed E-state index contributed by atoms with van der Waals surface area (Å²) in [5.41, 5.74) is 0.657. The number of ether oxygens (including phenoxy) is 1. The number of alkyl halides is 3. The molecule has 1 aromatic carbocycles. The maximum atomic E-state index is 13.2. The second kappa shape index (κ2) is 7.80. The van der Waals surface area contributed by atoms with E-state index < -0.39 is 11.7 Å². The Morgan fingerprint density at radius 3 is 2.72 bits per heavy atom. The van der Waals surface area contributed by atoms with E-state index in [1.54, 1.807) is 29.1 Å². The van der Waals surface area contributed by atoms with Gasteiger partial charge in [-0.05, 0) is 48.9 Å². The molecule has 0 aliphatic rings. The molecule has 0 aliphatic heterocycles. The quantitative estimate of drug-likeness (QED) is 0.464. The topological polar surface area (TPSA) is 67.9 Å². The Hall–Kier alpha value is -3.60. The molecule has 0 radical (unpaired) electrons. The number of carbonyl (C=O) groups is 1. The van der Waals surface area contributed by atoms with Gasteiger partial charge in [0.1, 0.15) is 17.5 Å². The van der Waals surface area contributed by atoms with Crippen molar-refractivity contribution in [2.45, 2.75) is 19.6 Å². The monoisotopic (exact) mass is 399 g/mol. The molecule has 29 heavy (non-hydrogen) atoms. The highest BCUT2D eigenvalue weighted by atomic mass is 19.4. The Balaban J connectivity index is 2.11. The third kappa shape index (κ3) is 4.29. The summed E-state index contributed by atoms with van der Waals surface area (Å²) < 4.78 is 46.3. The molecule has 0 aliphatic carbocycles. The number of methoxy groups -OCH3 is 1. The Morgan fingerprint density at radius 1 is 1.34 bits per heavy atom. The molecule has 5 nitrogen and oxygen atoms in total. The fraction of sp³-hybridized carbons (Fsp3) is 0.190. The number of carbonyl (C=O) groups excluding carboxylic acids is 1. The van der Waals surface area contributed by atoms with Crippen LogP contribution in [-0.2, 0) is 17.5 Å². The van der Waals surface area contributed by atoms with Crippen molar-refractivity contribution < 1.29 is 22.7 Å². The molecule has 0 unspecified atom stereocenters. The van der Waals surface area contributed by atoms with E-state index in [-0.39, 0.29) is 23.7 Å². The van der Waals surface area contributed by atoms with Crippen LogP contribution in [0.2, 0.25) is 0 Å². The number of hydrogen-bond donors (Lipinski definition) is 0. The minimum atomic E-state index is -4.50. The van der Waals surface area contributed by atoms with Gasteiger partial charge in [0.25, 0.3) is 0 Å². The number of halogens is 3. The molecule has 0 spiro atoms. The first kappa shape index (κ1) is 20.1. The van der Waals surface area contributed by atoms with E-state index in [9.17, 15) is 18.0 Å². The second-order valence-corrected chi connectivity index (χ2v) is 6.38. The normalized spacial score (nSPS) is 12.1. The molecule has 2 heterocycles. The molecule has 8 heteroatoms. The molecule has 0 bridgehead atoms. The maximum absolute atomic E-state index is 13.2. The first-order chi connectivity index (χ1) is 13.7. The van der Waals surface area contributed by atoms with E-state index >= 15 is 0 Å². The molecule has 0 saturated carbocycles. The molecule has 0 amide bonds. The molecule has 0 N–H and O–H groups in total. The summed E-state index contributed by atoms with van der Waals surface area (Å²) in [7, 11) is 1.31. The molecule has 0 fully saturated rings. The van der Waals surface area contributed by atoms with Crippen LogP contribution in [0.4, 0.5) is 13.2 Å². The lowest BCUT2D eigenvalue weighted by atomic mass is 10.1. The lowest BCUT2D eigenvalue weighted by Gasteiger charge is -2.12. The summed E-state index contributed by atoms with van der Waals surface area (Å²) in [5.74, 6) is -0.275. The summed E-state index contributed by atoms with van der Waals surface area (Å²) in [6.07, 6.45) is 0.173. The van der Waals surface area contributed by atoms with Gasteiger partial charge in [-0.1, -0.05) is 0 Å². The van der Waals surface area contributed by atoms with Gasteiger partial charge in [-0.15, -0.1) is 0 Å². The van der Waals surface area contributed by atoms with Crippen LogP contribution in [0.15, 0.2) is 48.3 Å². The number of nitrogens with zero attached hydrogens (tertiary/aromatic N) is 3. The smallest absolute Gasteiger partial charge is 0.416 e. The van der Waals surface area contributed by atoms with Crippen LogP contribution in [0.3, 0.4) is 0 Å². The molecule has 148 valence electrons. The van der Waals surface area contributed by atoms with Gasteiger partial charge in [0.2, 0.25) is 0 Å². The number of fused-ring (bicyclic) bond motifs is 1. The predicted molar refractivity (Wildman–Crippen MR) is 101 cm³/mol. The van der Waals surface area contributed by atoms with E-state index in [0.29, 0.717) is 22.2 Å². The minimum Gasteiger partial charge on any atom is -0.497 e. The van der Waals surface area contributed by atoms with Crippen LogP contribution in [-0.4, -0.2) is 22.4 Å². The third-order valence-electron chi connectivity index (χ3n) is 4.35. The van der Waals surface area contributed by atoms with E-state index in [2.05, 4.69) is 4.98 Å². The number of allylic oxidation sites excluding steroid dienone is 1. The Labute approximate surface area is 164 Å². The van der Waals surface area contributed by atoms with Crippen molar-refractivity contribution in [2.75, 3.05) is 7.11 Å². The predicted octanol–water partition coefficient (Wildman–Crippen LogP) is 4.61. The molecule has 3 rings (SSSR count). The highest BCUT2D eigenvalue weighted by Gasteiger charge is 2.31. The number of pyridine rings is 1. The second-order valence-electron chi connectivity index (χ2n) is 6.38. The van der Waals surface area contributed by atoms with E-state index in [1.807, 2.05) is 6.07 Å². The summed E-state index contributed by atoms with van der Waals surface area (Å²) in [6.45, 7) is 1.39. The van der Waals surface area contributed by atoms with Gasteiger partial charge in [-0.25, -0.2) is 4.98 Å². The number of hydrogen-bond acceptors (Lipinski definition) is 4. The fourth-order valence-electron chi connectivity index (χ4n) is 2.98. The molecule has 0 saturated heterocycles. The van der Waals surface area contributed by atoms with Crippen molar-refractivity contribution in [3.8, 4) is 11.8 Å². The van der Waals surface area contributed by atoms with Crippen LogP contribution in [0.1, 0.15) is 23.6 Å². The highest BCUT2D eigenvalue weighted by molar-refractivity contribution is 6.03. The largest absolute Gasteiger partial charge is 0.497 e. The number of aromatic nitrogens is 2. The van der Waals surface area contributed by atoms with Gasteiger partial charge in [-0.2, -0.15) is 18.4 Å². The summed E-state index contributed by atoms with van der Waals surface area (Å²) in [4.78, 5) is 15.9. The van der Waals surface area contributed by atoms with Crippen molar-refractivity contribution in [3.63, 3.8) is 0 Å². The van der Waals surface area contributed by atoms with Gasteiger partial charge >= 0.3 is 6.18 Å². The molecule has 2 aromatic heterocycles. The lowest BCUT2D eigenvalue weighted by Crippen LogP contribution is -2.07. The zero-order valence-corrected chi connectivity index (χ0v) is 15.6. The number of rotatable bonds is 5. The van der Waals surface area contributed by atoms with Crippen molar-refractivity contribution >= 4 is 22.9 Å². The van der Waals surface area contributed by atoms with Crippen molar-refractivity contribution in [3.05, 3.63) is 65.0 Å². The summed E-state index contributed by atoms with van der Waals surface area (Å²) in [6, 6.07) is 8.85. The lowest BCUT2D eigenvalue weighted by molar-refractivity contribution is -0.137. The van der Waals surface area contributed by atoms with Crippen molar-refractivity contribution in [2.24, 2.45) is 0 Å². The van der Waals surface area contributed by atoms with Crippen LogP contribution in [0, 0.1) is 11.3 Å². The first-order valence-corrected chi connectivity index (χ1v) is 8.54. The average Bonchev–Trinajstić information content (AvgIpc) is 3.02. The van der Waals surface area contributed by atoms with Gasteiger partial charge in [0, 0.05) is 29.9 Å². The SMILES string of the molecule is COc1cc(Cn2cc(/C=C(\C#N)C(C)=O)c3cccnc32)cc(C(F)(F)F)c1. The Morgan fingerprint density at radius 2 is 2.10 bits per heavy atom. The Kier molecular flexibility index (Phi) is 5.41. The van der Waals surface area contributed by atoms with Crippen LogP contribution < -0.4 is 4.74 Å².